The van der Waals surface area contributed by atoms with E-state index in [1.54, 1.807) is 0 Å². The van der Waals surface area contributed by atoms with Gasteiger partial charge in [-0.2, -0.15) is 13.2 Å². The Labute approximate surface area is 100.0 Å². The summed E-state index contributed by atoms with van der Waals surface area (Å²) < 4.78 is 36.2. The first-order valence-electron chi connectivity index (χ1n) is 6.03. The van der Waals surface area contributed by atoms with Crippen molar-refractivity contribution in [1.82, 2.24) is 10.2 Å². The van der Waals surface area contributed by atoms with Crippen molar-refractivity contribution in [1.29, 1.82) is 0 Å². The van der Waals surface area contributed by atoms with E-state index in [0.717, 1.165) is 25.9 Å². The molecule has 1 unspecified atom stereocenters. The van der Waals surface area contributed by atoms with Crippen LogP contribution in [0.4, 0.5) is 13.2 Å². The highest BCUT2D eigenvalue weighted by Crippen LogP contribution is 2.20. The lowest BCUT2D eigenvalue weighted by Gasteiger charge is -2.35. The molecule has 0 aliphatic carbocycles. The minimum absolute atomic E-state index is 0.0852. The minimum atomic E-state index is -4.52. The van der Waals surface area contributed by atoms with Gasteiger partial charge in [0.1, 0.15) is 0 Å². The van der Waals surface area contributed by atoms with Crippen molar-refractivity contribution in [2.45, 2.75) is 51.1 Å². The number of alkyl halides is 3. The summed E-state index contributed by atoms with van der Waals surface area (Å²) in [5, 5.41) is 11.6. The van der Waals surface area contributed by atoms with Crippen LogP contribution < -0.4 is 5.32 Å². The van der Waals surface area contributed by atoms with Gasteiger partial charge in [0, 0.05) is 18.6 Å². The topological polar surface area (TPSA) is 35.5 Å². The maximum absolute atomic E-state index is 12.1. The molecule has 1 saturated heterocycles. The van der Waals surface area contributed by atoms with Crippen LogP contribution in [0.3, 0.4) is 0 Å². The molecule has 17 heavy (non-hydrogen) atoms. The van der Waals surface area contributed by atoms with Crippen LogP contribution in [-0.2, 0) is 0 Å². The van der Waals surface area contributed by atoms with Crippen LogP contribution >= 0.6 is 0 Å². The predicted octanol–water partition coefficient (Wildman–Crippen LogP) is 1.37. The van der Waals surface area contributed by atoms with Gasteiger partial charge in [0.15, 0.2) is 6.10 Å². The van der Waals surface area contributed by atoms with Gasteiger partial charge < -0.3 is 15.3 Å². The lowest BCUT2D eigenvalue weighted by atomic mass is 10.0. The fourth-order valence-corrected chi connectivity index (χ4v) is 2.01. The van der Waals surface area contributed by atoms with E-state index in [1.165, 1.54) is 0 Å². The van der Waals surface area contributed by atoms with E-state index in [1.807, 2.05) is 0 Å². The van der Waals surface area contributed by atoms with Crippen molar-refractivity contribution in [3.63, 3.8) is 0 Å². The van der Waals surface area contributed by atoms with E-state index in [4.69, 9.17) is 5.11 Å². The molecule has 0 saturated carbocycles. The summed E-state index contributed by atoms with van der Waals surface area (Å²) in [6, 6.07) is 0.568. The number of piperidine rings is 1. The van der Waals surface area contributed by atoms with Gasteiger partial charge in [0.05, 0.1) is 0 Å². The highest BCUT2D eigenvalue weighted by Gasteiger charge is 2.38. The van der Waals surface area contributed by atoms with Crippen molar-refractivity contribution < 1.29 is 18.3 Å². The molecule has 6 heteroatoms. The fourth-order valence-electron chi connectivity index (χ4n) is 2.01. The number of aliphatic hydroxyl groups is 1. The second kappa shape index (κ2) is 6.02. The summed E-state index contributed by atoms with van der Waals surface area (Å²) in [6.45, 7) is 5.62. The Balaban J connectivity index is 2.23. The van der Waals surface area contributed by atoms with Gasteiger partial charge in [-0.25, -0.2) is 0 Å². The third-order valence-electron chi connectivity index (χ3n) is 3.24. The summed E-state index contributed by atoms with van der Waals surface area (Å²) >= 11 is 0. The second-order valence-corrected chi connectivity index (χ2v) is 4.87. The summed E-state index contributed by atoms with van der Waals surface area (Å²) in [5.74, 6) is 0. The first kappa shape index (κ1) is 14.7. The monoisotopic (exact) mass is 254 g/mol. The smallest absolute Gasteiger partial charge is 0.382 e. The number of halogens is 3. The number of nitrogens with zero attached hydrogens (tertiary/aromatic N) is 1. The average molecular weight is 254 g/mol. The number of nitrogens with one attached hydrogen (secondary N) is 1. The number of rotatable bonds is 4. The van der Waals surface area contributed by atoms with E-state index in [2.05, 4.69) is 24.1 Å². The quantitative estimate of drug-likeness (QED) is 0.795. The molecule has 0 aromatic carbocycles. The Morgan fingerprint density at radius 1 is 1.29 bits per heavy atom. The van der Waals surface area contributed by atoms with E-state index < -0.39 is 18.8 Å². The molecule has 1 rings (SSSR count). The van der Waals surface area contributed by atoms with Crippen LogP contribution in [0, 0.1) is 0 Å². The largest absolute Gasteiger partial charge is 0.415 e. The van der Waals surface area contributed by atoms with Gasteiger partial charge in [0.2, 0.25) is 0 Å². The van der Waals surface area contributed by atoms with Crippen LogP contribution in [0.1, 0.15) is 26.7 Å². The standard InChI is InChI=1S/C11H21F3N2O/c1-8(2)16-5-3-9(4-6-16)15-7-10(17)11(12,13)14/h8-10,15,17H,3-7H2,1-2H3. The van der Waals surface area contributed by atoms with Crippen molar-refractivity contribution in [3.05, 3.63) is 0 Å². The molecular weight excluding hydrogens is 233 g/mol. The molecule has 1 fully saturated rings. The highest BCUT2D eigenvalue weighted by atomic mass is 19.4. The zero-order chi connectivity index (χ0) is 13.1. The molecule has 0 radical (unpaired) electrons. The van der Waals surface area contributed by atoms with Crippen LogP contribution in [0.25, 0.3) is 0 Å². The molecule has 102 valence electrons. The first-order valence-corrected chi connectivity index (χ1v) is 6.03. The van der Waals surface area contributed by atoms with Gasteiger partial charge in [-0.05, 0) is 39.8 Å². The molecule has 1 aliphatic heterocycles. The molecule has 1 atom stereocenters. The number of aliphatic hydroxyl groups excluding tert-OH is 1. The molecule has 0 spiro atoms. The summed E-state index contributed by atoms with van der Waals surface area (Å²) in [7, 11) is 0. The number of likely N-dealkylation sites (tertiary alicyclic amines) is 1. The van der Waals surface area contributed by atoms with Crippen molar-refractivity contribution in [2.24, 2.45) is 0 Å². The van der Waals surface area contributed by atoms with Crippen LogP contribution in [0.5, 0.6) is 0 Å². The molecule has 0 aromatic rings. The second-order valence-electron chi connectivity index (χ2n) is 4.87. The SMILES string of the molecule is CC(C)N1CCC(NCC(O)C(F)(F)F)CC1. The van der Waals surface area contributed by atoms with Crippen molar-refractivity contribution in [3.8, 4) is 0 Å². The molecule has 1 aliphatic rings. The highest BCUT2D eigenvalue weighted by molar-refractivity contribution is 4.80. The molecule has 0 bridgehead atoms. The fraction of sp³-hybridized carbons (Fsp3) is 1.00. The van der Waals surface area contributed by atoms with E-state index in [9.17, 15) is 13.2 Å². The van der Waals surface area contributed by atoms with Gasteiger partial charge in [0.25, 0.3) is 0 Å². The molecule has 2 N–H and O–H groups in total. The Morgan fingerprint density at radius 2 is 1.82 bits per heavy atom. The van der Waals surface area contributed by atoms with E-state index in [0.29, 0.717) is 6.04 Å². The normalized spacial score (nSPS) is 22.1. The molecule has 0 amide bonds. The number of hydrogen-bond acceptors (Lipinski definition) is 3. The Hall–Kier alpha value is -0.330. The molecule has 0 aromatic heterocycles. The molecule has 3 nitrogen and oxygen atoms in total. The van der Waals surface area contributed by atoms with Gasteiger partial charge in [-0.3, -0.25) is 0 Å². The van der Waals surface area contributed by atoms with Gasteiger partial charge in [-0.15, -0.1) is 0 Å². The molecule has 1 heterocycles. The summed E-state index contributed by atoms with van der Waals surface area (Å²) in [5.41, 5.74) is 0. The molecular formula is C11H21F3N2O. The first-order chi connectivity index (χ1) is 7.80. The van der Waals surface area contributed by atoms with Crippen LogP contribution in [0.15, 0.2) is 0 Å². The Bertz CT molecular complexity index is 225. The number of hydrogen-bond donors (Lipinski definition) is 2. The third kappa shape index (κ3) is 4.81. The van der Waals surface area contributed by atoms with E-state index >= 15 is 0 Å². The third-order valence-corrected chi connectivity index (χ3v) is 3.24. The van der Waals surface area contributed by atoms with Gasteiger partial charge in [-0.1, -0.05) is 0 Å². The summed E-state index contributed by atoms with van der Waals surface area (Å²) in [6.07, 6.45) is -5.11. The average Bonchev–Trinajstić information content (AvgIpc) is 2.25. The van der Waals surface area contributed by atoms with Crippen LogP contribution in [0.2, 0.25) is 0 Å². The summed E-state index contributed by atoms with van der Waals surface area (Å²) in [4.78, 5) is 2.30. The maximum Gasteiger partial charge on any atom is 0.415 e. The zero-order valence-electron chi connectivity index (χ0n) is 10.3. The Morgan fingerprint density at radius 3 is 2.24 bits per heavy atom. The lowest BCUT2D eigenvalue weighted by molar-refractivity contribution is -0.202. The van der Waals surface area contributed by atoms with Crippen molar-refractivity contribution in [2.75, 3.05) is 19.6 Å². The van der Waals surface area contributed by atoms with Gasteiger partial charge >= 0.3 is 6.18 Å². The van der Waals surface area contributed by atoms with Crippen LogP contribution in [-0.4, -0.2) is 54.0 Å². The Kier molecular flexibility index (Phi) is 5.22. The predicted molar refractivity (Wildman–Crippen MR) is 59.8 cm³/mol. The van der Waals surface area contributed by atoms with E-state index in [-0.39, 0.29) is 6.04 Å². The maximum atomic E-state index is 12.1. The minimum Gasteiger partial charge on any atom is -0.382 e. The lowest BCUT2D eigenvalue weighted by Crippen LogP contribution is -2.48. The zero-order valence-corrected chi connectivity index (χ0v) is 10.3. The van der Waals surface area contributed by atoms with Crippen molar-refractivity contribution >= 4 is 0 Å².